The van der Waals surface area contributed by atoms with Crippen molar-refractivity contribution < 1.29 is 0 Å². The number of aliphatic imine (C=N–C) groups is 1. The second-order valence-electron chi connectivity index (χ2n) is 4.39. The van der Waals surface area contributed by atoms with Gasteiger partial charge in [-0.15, -0.1) is 11.6 Å². The van der Waals surface area contributed by atoms with Crippen molar-refractivity contribution in [2.24, 2.45) is 10.7 Å². The van der Waals surface area contributed by atoms with Crippen molar-refractivity contribution in [1.82, 2.24) is 4.90 Å². The average molecular weight is 252 g/mol. The first-order valence-electron chi connectivity index (χ1n) is 5.98. The fourth-order valence-electron chi connectivity index (χ4n) is 2.12. The smallest absolute Gasteiger partial charge is 0.115 e. The fourth-order valence-corrected chi connectivity index (χ4v) is 2.18. The van der Waals surface area contributed by atoms with Crippen LogP contribution in [0.1, 0.15) is 18.4 Å². The molecule has 0 unspecified atom stereocenters. The van der Waals surface area contributed by atoms with Crippen molar-refractivity contribution in [1.29, 1.82) is 0 Å². The van der Waals surface area contributed by atoms with Crippen LogP contribution >= 0.6 is 11.6 Å². The second-order valence-corrected chi connectivity index (χ2v) is 4.66. The largest absolute Gasteiger partial charge is 0.386 e. The zero-order valence-corrected chi connectivity index (χ0v) is 10.7. The molecule has 1 heterocycles. The highest BCUT2D eigenvalue weighted by Gasteiger charge is 2.11. The van der Waals surface area contributed by atoms with Crippen LogP contribution in [0.2, 0.25) is 0 Å². The van der Waals surface area contributed by atoms with Gasteiger partial charge in [-0.25, -0.2) is 4.99 Å². The van der Waals surface area contributed by atoms with Crippen LogP contribution in [0, 0.1) is 0 Å². The summed E-state index contributed by atoms with van der Waals surface area (Å²) in [6, 6.07) is 8.19. The quantitative estimate of drug-likeness (QED) is 0.508. The van der Waals surface area contributed by atoms with Crippen LogP contribution in [0.15, 0.2) is 29.3 Å². The third-order valence-electron chi connectivity index (χ3n) is 2.93. The molecular weight excluding hydrogens is 234 g/mol. The van der Waals surface area contributed by atoms with Crippen LogP contribution in [0.5, 0.6) is 0 Å². The molecule has 1 aromatic rings. The maximum absolute atomic E-state index is 5.63. The first-order valence-corrected chi connectivity index (χ1v) is 6.51. The van der Waals surface area contributed by atoms with Crippen LogP contribution in [-0.2, 0) is 6.54 Å². The van der Waals surface area contributed by atoms with Gasteiger partial charge >= 0.3 is 0 Å². The van der Waals surface area contributed by atoms with E-state index in [4.69, 9.17) is 17.3 Å². The van der Waals surface area contributed by atoms with E-state index in [0.717, 1.165) is 12.2 Å². The molecule has 1 fully saturated rings. The van der Waals surface area contributed by atoms with Gasteiger partial charge in [0.15, 0.2) is 0 Å². The molecule has 17 heavy (non-hydrogen) atoms. The number of halogens is 1. The van der Waals surface area contributed by atoms with Gasteiger partial charge in [0, 0.05) is 6.54 Å². The van der Waals surface area contributed by atoms with Crippen molar-refractivity contribution in [3.8, 4) is 0 Å². The van der Waals surface area contributed by atoms with Gasteiger partial charge < -0.3 is 5.73 Å². The van der Waals surface area contributed by atoms with Crippen LogP contribution in [0.4, 0.5) is 5.69 Å². The Morgan fingerprint density at radius 3 is 2.82 bits per heavy atom. The Hall–Kier alpha value is -1.06. The maximum atomic E-state index is 5.63. The molecule has 0 aliphatic carbocycles. The van der Waals surface area contributed by atoms with Crippen molar-refractivity contribution in [2.75, 3.05) is 19.0 Å². The molecule has 0 saturated carbocycles. The lowest BCUT2D eigenvalue weighted by molar-refractivity contribution is 0.331. The Labute approximate surface area is 107 Å². The molecule has 4 heteroatoms. The second kappa shape index (κ2) is 6.03. The fraction of sp³-hybridized carbons (Fsp3) is 0.462. The molecule has 1 saturated heterocycles. The van der Waals surface area contributed by atoms with Gasteiger partial charge in [0.25, 0.3) is 0 Å². The first kappa shape index (κ1) is 12.4. The molecule has 1 aliphatic heterocycles. The highest BCUT2D eigenvalue weighted by molar-refractivity contribution is 6.28. The predicted molar refractivity (Wildman–Crippen MR) is 73.0 cm³/mol. The normalized spacial score (nSPS) is 17.6. The third kappa shape index (κ3) is 3.72. The third-order valence-corrected chi connectivity index (χ3v) is 3.20. The summed E-state index contributed by atoms with van der Waals surface area (Å²) in [5.41, 5.74) is 7.80. The number of rotatable bonds is 4. The molecule has 0 bridgehead atoms. The number of nitrogens with zero attached hydrogens (tertiary/aromatic N) is 2. The molecule has 3 nitrogen and oxygen atoms in total. The standard InChI is InChI=1S/C13H18ClN3/c14-9-13(15)16-12-5-3-4-11(8-12)10-17-6-1-2-7-17/h3-5,8H,1-2,6-7,9-10H2,(H2,15,16). The molecule has 0 spiro atoms. The highest BCUT2D eigenvalue weighted by Crippen LogP contribution is 2.18. The molecular formula is C13H18ClN3. The summed E-state index contributed by atoms with van der Waals surface area (Å²) in [6.45, 7) is 3.42. The first-order chi connectivity index (χ1) is 8.28. The highest BCUT2D eigenvalue weighted by atomic mass is 35.5. The van der Waals surface area contributed by atoms with Crippen molar-refractivity contribution >= 4 is 23.1 Å². The van der Waals surface area contributed by atoms with E-state index >= 15 is 0 Å². The number of benzene rings is 1. The number of amidine groups is 1. The number of hydrogen-bond donors (Lipinski definition) is 1. The predicted octanol–water partition coefficient (Wildman–Crippen LogP) is 2.51. The van der Waals surface area contributed by atoms with E-state index in [-0.39, 0.29) is 5.88 Å². The number of alkyl halides is 1. The average Bonchev–Trinajstić information content (AvgIpc) is 2.82. The Morgan fingerprint density at radius 1 is 1.35 bits per heavy atom. The lowest BCUT2D eigenvalue weighted by Gasteiger charge is -2.14. The van der Waals surface area contributed by atoms with Crippen LogP contribution in [-0.4, -0.2) is 29.7 Å². The lowest BCUT2D eigenvalue weighted by Crippen LogP contribution is -2.18. The summed E-state index contributed by atoms with van der Waals surface area (Å²) in [5.74, 6) is 0.737. The molecule has 2 rings (SSSR count). The summed E-state index contributed by atoms with van der Waals surface area (Å²) in [4.78, 5) is 6.72. The molecule has 2 N–H and O–H groups in total. The van der Waals surface area contributed by atoms with Gasteiger partial charge in [0.1, 0.15) is 5.84 Å². The maximum Gasteiger partial charge on any atom is 0.115 e. The topological polar surface area (TPSA) is 41.6 Å². The summed E-state index contributed by atoms with van der Waals surface area (Å²) in [7, 11) is 0. The zero-order valence-electron chi connectivity index (χ0n) is 9.90. The Kier molecular flexibility index (Phi) is 4.40. The zero-order chi connectivity index (χ0) is 12.1. The van der Waals surface area contributed by atoms with Gasteiger partial charge in [-0.3, -0.25) is 4.90 Å². The van der Waals surface area contributed by atoms with Gasteiger partial charge in [0.05, 0.1) is 11.6 Å². The SMILES string of the molecule is NC(CCl)=Nc1cccc(CN2CCCC2)c1. The minimum absolute atomic E-state index is 0.274. The van der Waals surface area contributed by atoms with E-state index in [1.165, 1.54) is 31.5 Å². The van der Waals surface area contributed by atoms with E-state index in [0.29, 0.717) is 5.84 Å². The molecule has 92 valence electrons. The molecule has 1 aromatic carbocycles. The Bertz CT molecular complexity index is 397. The van der Waals surface area contributed by atoms with E-state index in [1.54, 1.807) is 0 Å². The number of likely N-dealkylation sites (tertiary alicyclic amines) is 1. The summed E-state index contributed by atoms with van der Waals surface area (Å²) >= 11 is 5.62. The van der Waals surface area contributed by atoms with E-state index in [2.05, 4.69) is 22.0 Å². The van der Waals surface area contributed by atoms with Crippen molar-refractivity contribution in [2.45, 2.75) is 19.4 Å². The summed E-state index contributed by atoms with van der Waals surface area (Å²) in [5, 5.41) is 0. The molecule has 1 aliphatic rings. The van der Waals surface area contributed by atoms with Crippen LogP contribution < -0.4 is 5.73 Å². The van der Waals surface area contributed by atoms with Gasteiger partial charge in [-0.1, -0.05) is 12.1 Å². The minimum atomic E-state index is 0.274. The monoisotopic (exact) mass is 251 g/mol. The number of nitrogens with two attached hydrogens (primary N) is 1. The van der Waals surface area contributed by atoms with Crippen molar-refractivity contribution in [3.05, 3.63) is 29.8 Å². The molecule has 0 amide bonds. The van der Waals surface area contributed by atoms with E-state index < -0.39 is 0 Å². The minimum Gasteiger partial charge on any atom is -0.386 e. The Morgan fingerprint density at radius 2 is 2.12 bits per heavy atom. The van der Waals surface area contributed by atoms with Gasteiger partial charge in [-0.2, -0.15) is 0 Å². The van der Waals surface area contributed by atoms with Gasteiger partial charge in [-0.05, 0) is 43.6 Å². The molecule has 0 aromatic heterocycles. The van der Waals surface area contributed by atoms with Crippen LogP contribution in [0.25, 0.3) is 0 Å². The van der Waals surface area contributed by atoms with Crippen molar-refractivity contribution in [3.63, 3.8) is 0 Å². The van der Waals surface area contributed by atoms with Crippen LogP contribution in [0.3, 0.4) is 0 Å². The molecule has 0 atom stereocenters. The lowest BCUT2D eigenvalue weighted by atomic mass is 10.2. The van der Waals surface area contributed by atoms with E-state index in [9.17, 15) is 0 Å². The molecule has 0 radical (unpaired) electrons. The van der Waals surface area contributed by atoms with E-state index in [1.807, 2.05) is 12.1 Å². The summed E-state index contributed by atoms with van der Waals surface area (Å²) < 4.78 is 0. The Balaban J connectivity index is 2.05. The van der Waals surface area contributed by atoms with Gasteiger partial charge in [0.2, 0.25) is 0 Å². The number of hydrogen-bond acceptors (Lipinski definition) is 2. The summed E-state index contributed by atoms with van der Waals surface area (Å²) in [6.07, 6.45) is 2.63.